The SMILES string of the molecule is CN1Cc2ccccc2C2(CC(C(Cl)S(=O)(=O)O)C2)C1=O. The van der Waals surface area contributed by atoms with Gasteiger partial charge in [0.25, 0.3) is 10.1 Å². The Labute approximate surface area is 128 Å². The molecule has 7 heteroatoms. The molecule has 1 aromatic carbocycles. The minimum absolute atomic E-state index is 0.00310. The predicted octanol–water partition coefficient (Wildman–Crippen LogP) is 1.76. The topological polar surface area (TPSA) is 74.7 Å². The molecule has 1 amide bonds. The summed E-state index contributed by atoms with van der Waals surface area (Å²) in [5, 5.41) is 0. The van der Waals surface area contributed by atoms with Crippen molar-refractivity contribution in [3.8, 4) is 0 Å². The van der Waals surface area contributed by atoms with Gasteiger partial charge in [-0.05, 0) is 29.9 Å². The number of halogens is 1. The molecule has 1 N–H and O–H groups in total. The van der Waals surface area contributed by atoms with Gasteiger partial charge in [0.2, 0.25) is 5.91 Å². The third-order valence-electron chi connectivity index (χ3n) is 4.57. The fourth-order valence-electron chi connectivity index (χ4n) is 3.59. The minimum atomic E-state index is -4.29. The number of rotatable bonds is 2. The highest BCUT2D eigenvalue weighted by atomic mass is 35.5. The molecular formula is C14H16ClNO4S. The molecule has 0 saturated heterocycles. The van der Waals surface area contributed by atoms with E-state index in [0.29, 0.717) is 19.4 Å². The van der Waals surface area contributed by atoms with Crippen molar-refractivity contribution >= 4 is 27.6 Å². The number of carbonyl (C=O) groups is 1. The zero-order valence-corrected chi connectivity index (χ0v) is 13.1. The molecule has 0 aromatic heterocycles. The second-order valence-electron chi connectivity index (χ2n) is 5.93. The molecule has 1 aliphatic carbocycles. The number of benzene rings is 1. The zero-order chi connectivity index (χ0) is 15.4. The van der Waals surface area contributed by atoms with Gasteiger partial charge in [0.15, 0.2) is 4.71 Å². The Hall–Kier alpha value is -1.11. The summed E-state index contributed by atoms with van der Waals surface area (Å²) in [6, 6.07) is 7.71. The van der Waals surface area contributed by atoms with Crippen LogP contribution in [0.3, 0.4) is 0 Å². The number of carbonyl (C=O) groups excluding carboxylic acids is 1. The quantitative estimate of drug-likeness (QED) is 0.662. The highest BCUT2D eigenvalue weighted by Crippen LogP contribution is 2.54. The van der Waals surface area contributed by atoms with Crippen LogP contribution >= 0.6 is 11.6 Å². The van der Waals surface area contributed by atoms with Gasteiger partial charge in [-0.2, -0.15) is 8.42 Å². The molecule has 0 radical (unpaired) electrons. The van der Waals surface area contributed by atoms with E-state index in [4.69, 9.17) is 16.2 Å². The first kappa shape index (κ1) is 14.8. The monoisotopic (exact) mass is 329 g/mol. The number of hydrogen-bond donors (Lipinski definition) is 1. The molecule has 1 saturated carbocycles. The first-order valence-corrected chi connectivity index (χ1v) is 8.64. The molecule has 1 unspecified atom stereocenters. The fourth-order valence-corrected chi connectivity index (χ4v) is 4.45. The summed E-state index contributed by atoms with van der Waals surface area (Å²) in [4.78, 5) is 14.2. The van der Waals surface area contributed by atoms with E-state index >= 15 is 0 Å². The average molecular weight is 330 g/mol. The van der Waals surface area contributed by atoms with Crippen LogP contribution < -0.4 is 0 Å². The Morgan fingerprint density at radius 2 is 2.00 bits per heavy atom. The van der Waals surface area contributed by atoms with Gasteiger partial charge in [-0.15, -0.1) is 11.6 Å². The van der Waals surface area contributed by atoms with Crippen molar-refractivity contribution in [2.45, 2.75) is 29.5 Å². The van der Waals surface area contributed by atoms with Crippen molar-refractivity contribution in [3.63, 3.8) is 0 Å². The van der Waals surface area contributed by atoms with Crippen molar-refractivity contribution in [2.24, 2.45) is 5.92 Å². The number of fused-ring (bicyclic) bond motifs is 2. The van der Waals surface area contributed by atoms with E-state index < -0.39 is 26.2 Å². The first-order chi connectivity index (χ1) is 9.75. The maximum absolute atomic E-state index is 12.6. The van der Waals surface area contributed by atoms with Crippen molar-refractivity contribution in [2.75, 3.05) is 7.05 Å². The number of likely N-dealkylation sites (N-methyl/N-ethyl adjacent to an activating group) is 1. The van der Waals surface area contributed by atoms with Crippen LogP contribution in [0, 0.1) is 5.92 Å². The predicted molar refractivity (Wildman–Crippen MR) is 78.5 cm³/mol. The fraction of sp³-hybridized carbons (Fsp3) is 0.500. The lowest BCUT2D eigenvalue weighted by Gasteiger charge is -2.52. The molecule has 2 aliphatic rings. The third-order valence-corrected chi connectivity index (χ3v) is 6.56. The van der Waals surface area contributed by atoms with Gasteiger partial charge in [-0.1, -0.05) is 24.3 Å². The molecule has 1 fully saturated rings. The summed E-state index contributed by atoms with van der Waals surface area (Å²) in [6.45, 7) is 0.560. The summed E-state index contributed by atoms with van der Waals surface area (Å²) in [5.41, 5.74) is 1.35. The number of nitrogens with zero attached hydrogens (tertiary/aromatic N) is 1. The number of amides is 1. The van der Waals surface area contributed by atoms with E-state index in [1.807, 2.05) is 24.3 Å². The van der Waals surface area contributed by atoms with Gasteiger partial charge >= 0.3 is 0 Å². The van der Waals surface area contributed by atoms with Crippen molar-refractivity contribution in [1.82, 2.24) is 4.90 Å². The van der Waals surface area contributed by atoms with Crippen LogP contribution in [0.15, 0.2) is 24.3 Å². The second-order valence-corrected chi connectivity index (χ2v) is 8.20. The lowest BCUT2D eigenvalue weighted by Crippen LogP contribution is -2.58. The maximum Gasteiger partial charge on any atom is 0.282 e. The standard InChI is InChI=1S/C14H16ClNO4S/c1-16-8-9-4-2-3-5-11(9)14(13(16)17)6-10(7-14)12(15)21(18,19)20/h2-5,10,12H,6-8H2,1H3,(H,18,19,20). The van der Waals surface area contributed by atoms with Crippen LogP contribution in [0.5, 0.6) is 0 Å². The molecule has 1 aliphatic heterocycles. The largest absolute Gasteiger partial charge is 0.341 e. The van der Waals surface area contributed by atoms with Gasteiger partial charge in [-0.25, -0.2) is 0 Å². The number of hydrogen-bond acceptors (Lipinski definition) is 3. The molecule has 1 heterocycles. The van der Waals surface area contributed by atoms with Crippen LogP contribution in [0.2, 0.25) is 0 Å². The smallest absolute Gasteiger partial charge is 0.282 e. The molecule has 21 heavy (non-hydrogen) atoms. The summed E-state index contributed by atoms with van der Waals surface area (Å²) in [6.07, 6.45) is 0.697. The Balaban J connectivity index is 1.95. The van der Waals surface area contributed by atoms with E-state index in [2.05, 4.69) is 0 Å². The molecule has 1 atom stereocenters. The van der Waals surface area contributed by atoms with E-state index in [0.717, 1.165) is 11.1 Å². The molecule has 1 aromatic rings. The van der Waals surface area contributed by atoms with Gasteiger partial charge in [0.05, 0.1) is 5.41 Å². The van der Waals surface area contributed by atoms with Gasteiger partial charge in [0, 0.05) is 13.6 Å². The average Bonchev–Trinajstić information content (AvgIpc) is 2.36. The molecule has 3 rings (SSSR count). The van der Waals surface area contributed by atoms with Crippen LogP contribution in [0.4, 0.5) is 0 Å². The van der Waals surface area contributed by atoms with Crippen molar-refractivity contribution < 1.29 is 17.8 Å². The van der Waals surface area contributed by atoms with Crippen LogP contribution in [-0.2, 0) is 26.9 Å². The number of alkyl halides is 1. The first-order valence-electron chi connectivity index (χ1n) is 6.70. The Kier molecular flexibility index (Phi) is 3.31. The van der Waals surface area contributed by atoms with Crippen LogP contribution in [0.1, 0.15) is 24.0 Å². The maximum atomic E-state index is 12.6. The molecular weight excluding hydrogens is 314 g/mol. The van der Waals surface area contributed by atoms with E-state index in [1.165, 1.54) is 0 Å². The zero-order valence-electron chi connectivity index (χ0n) is 11.5. The van der Waals surface area contributed by atoms with E-state index in [1.54, 1.807) is 11.9 Å². The minimum Gasteiger partial charge on any atom is -0.341 e. The Morgan fingerprint density at radius 1 is 1.38 bits per heavy atom. The van der Waals surface area contributed by atoms with E-state index in [-0.39, 0.29) is 5.91 Å². The molecule has 0 bridgehead atoms. The summed E-state index contributed by atoms with van der Waals surface area (Å²) >= 11 is 5.81. The lowest BCUT2D eigenvalue weighted by atomic mass is 9.56. The van der Waals surface area contributed by atoms with Crippen molar-refractivity contribution in [3.05, 3.63) is 35.4 Å². The second kappa shape index (κ2) is 4.69. The van der Waals surface area contributed by atoms with Gasteiger partial charge < -0.3 is 4.90 Å². The normalized spacial score (nSPS) is 30.0. The molecule has 1 spiro atoms. The molecule has 114 valence electrons. The van der Waals surface area contributed by atoms with Crippen molar-refractivity contribution in [1.29, 1.82) is 0 Å². The summed E-state index contributed by atoms with van der Waals surface area (Å²) in [7, 11) is -2.54. The Morgan fingerprint density at radius 3 is 2.62 bits per heavy atom. The van der Waals surface area contributed by atoms with Crippen LogP contribution in [0.25, 0.3) is 0 Å². The van der Waals surface area contributed by atoms with Crippen LogP contribution in [-0.4, -0.2) is 35.5 Å². The lowest BCUT2D eigenvalue weighted by molar-refractivity contribution is -0.143. The highest BCUT2D eigenvalue weighted by molar-refractivity contribution is 7.87. The van der Waals surface area contributed by atoms with E-state index in [9.17, 15) is 13.2 Å². The van der Waals surface area contributed by atoms with Gasteiger partial charge in [0.1, 0.15) is 0 Å². The van der Waals surface area contributed by atoms with Gasteiger partial charge in [-0.3, -0.25) is 9.35 Å². The summed E-state index contributed by atoms with van der Waals surface area (Å²) < 4.78 is 30.0. The Bertz CT molecular complexity index is 697. The summed E-state index contributed by atoms with van der Waals surface area (Å²) in [5.74, 6) is -0.415. The highest BCUT2D eigenvalue weighted by Gasteiger charge is 2.58. The third kappa shape index (κ3) is 2.17. The molecule has 5 nitrogen and oxygen atoms in total.